The number of hydrogen-bond donors (Lipinski definition) is 8. The van der Waals surface area contributed by atoms with Crippen molar-refractivity contribution >= 4 is 5.97 Å². The van der Waals surface area contributed by atoms with E-state index in [1.807, 2.05) is 0 Å². The van der Waals surface area contributed by atoms with E-state index in [-0.39, 0.29) is 40.1 Å². The minimum absolute atomic E-state index is 0.0209. The zero-order valence-electron chi connectivity index (χ0n) is 33.8. The molecular weight excluding hydrogens is 712 g/mol. The summed E-state index contributed by atoms with van der Waals surface area (Å²) in [5, 5.41) is 85.3. The summed E-state index contributed by atoms with van der Waals surface area (Å²) in [6, 6.07) is 0. The summed E-state index contributed by atoms with van der Waals surface area (Å²) in [6.45, 7) is 14.7. The van der Waals surface area contributed by atoms with E-state index in [2.05, 4.69) is 47.6 Å². The standard InChI is InChI=1S/C42H68O13/c1-21-28(45)31(48)33(55-34-32(49)30(47)29(46)24(19-43)53-34)35(52-21)54-27-11-12-38(4)25(39(27,5)20-44)10-13-41(7)26(38)9-8-22-23-18-37(2,3)14-16-42(23,36(50)51)17-15-40(22,41)6/h8,21,23-35,43-49H,9-20H2,1-7H3,(H,50,51)/t21-,23-,24+,25+,26+,27-,28-,29+,30-,31+,32+,33+,34-,35-,38-,39-,40+,41+,42-/m0/s1. The van der Waals surface area contributed by atoms with Crippen molar-refractivity contribution in [2.45, 2.75) is 180 Å². The van der Waals surface area contributed by atoms with Gasteiger partial charge in [-0.05, 0) is 111 Å². The lowest BCUT2D eigenvalue weighted by Gasteiger charge is -2.71. The highest BCUT2D eigenvalue weighted by Gasteiger charge is 2.70. The number of aliphatic carboxylic acids is 1. The molecule has 0 amide bonds. The van der Waals surface area contributed by atoms with Gasteiger partial charge < -0.3 is 59.8 Å². The average molecular weight is 781 g/mol. The first-order valence-electron chi connectivity index (χ1n) is 20.8. The molecular formula is C42H68O13. The fourth-order valence-electron chi connectivity index (χ4n) is 13.6. The summed E-state index contributed by atoms with van der Waals surface area (Å²) in [7, 11) is 0. The molecule has 5 aliphatic carbocycles. The van der Waals surface area contributed by atoms with Crippen LogP contribution < -0.4 is 0 Å². The van der Waals surface area contributed by atoms with Crippen LogP contribution in [0.1, 0.15) is 113 Å². The summed E-state index contributed by atoms with van der Waals surface area (Å²) in [5.41, 5.74) is -0.399. The van der Waals surface area contributed by atoms with Crippen LogP contribution in [0, 0.1) is 50.2 Å². The predicted octanol–water partition coefficient (Wildman–Crippen LogP) is 2.88. The van der Waals surface area contributed by atoms with E-state index in [0.29, 0.717) is 18.8 Å². The number of fused-ring (bicyclic) bond motifs is 7. The number of aliphatic hydroxyl groups is 7. The molecule has 0 spiro atoms. The highest BCUT2D eigenvalue weighted by Crippen LogP contribution is 2.76. The largest absolute Gasteiger partial charge is 0.481 e. The van der Waals surface area contributed by atoms with Crippen LogP contribution in [0.2, 0.25) is 0 Å². The van der Waals surface area contributed by atoms with Gasteiger partial charge in [0.1, 0.15) is 42.7 Å². The molecule has 2 aliphatic heterocycles. The van der Waals surface area contributed by atoms with E-state index >= 15 is 0 Å². The first kappa shape index (κ1) is 41.9. The molecule has 4 saturated carbocycles. The maximum Gasteiger partial charge on any atom is 0.310 e. The number of allylic oxidation sites excluding steroid dienone is 2. The smallest absolute Gasteiger partial charge is 0.310 e. The van der Waals surface area contributed by atoms with E-state index in [4.69, 9.17) is 18.9 Å². The van der Waals surface area contributed by atoms with Gasteiger partial charge in [0, 0.05) is 5.41 Å². The maximum absolute atomic E-state index is 13.1. The fraction of sp³-hybridized carbons (Fsp3) is 0.929. The quantitative estimate of drug-likeness (QED) is 0.138. The molecule has 0 aromatic heterocycles. The normalized spacial score (nSPS) is 54.9. The van der Waals surface area contributed by atoms with Crippen LogP contribution in [-0.4, -0.2) is 128 Å². The number of ether oxygens (including phenoxy) is 4. The van der Waals surface area contributed by atoms with E-state index in [9.17, 15) is 45.6 Å². The van der Waals surface area contributed by atoms with Crippen LogP contribution in [0.3, 0.4) is 0 Å². The predicted molar refractivity (Wildman–Crippen MR) is 198 cm³/mol. The molecule has 314 valence electrons. The number of hydrogen-bond acceptors (Lipinski definition) is 12. The van der Waals surface area contributed by atoms with Crippen molar-refractivity contribution in [3.05, 3.63) is 11.6 Å². The third kappa shape index (κ3) is 6.15. The van der Waals surface area contributed by atoms with E-state index in [0.717, 1.165) is 51.4 Å². The van der Waals surface area contributed by atoms with Crippen molar-refractivity contribution in [1.29, 1.82) is 0 Å². The molecule has 7 aliphatic rings. The monoisotopic (exact) mass is 780 g/mol. The van der Waals surface area contributed by atoms with Crippen LogP contribution >= 0.6 is 0 Å². The Kier molecular flexibility index (Phi) is 10.8. The molecule has 0 aromatic carbocycles. The topological polar surface area (TPSA) is 216 Å². The highest BCUT2D eigenvalue weighted by atomic mass is 16.8. The zero-order chi connectivity index (χ0) is 40.3. The lowest BCUT2D eigenvalue weighted by molar-refractivity contribution is -0.376. The Morgan fingerprint density at radius 3 is 2.13 bits per heavy atom. The molecule has 6 fully saturated rings. The number of aliphatic hydroxyl groups excluding tert-OH is 7. The zero-order valence-corrected chi connectivity index (χ0v) is 33.8. The van der Waals surface area contributed by atoms with Gasteiger partial charge in [0.2, 0.25) is 0 Å². The van der Waals surface area contributed by atoms with Gasteiger partial charge in [-0.15, -0.1) is 0 Å². The van der Waals surface area contributed by atoms with Gasteiger partial charge in [-0.25, -0.2) is 0 Å². The van der Waals surface area contributed by atoms with Crippen molar-refractivity contribution in [3.8, 4) is 0 Å². The molecule has 13 heteroatoms. The summed E-state index contributed by atoms with van der Waals surface area (Å²) in [4.78, 5) is 13.1. The van der Waals surface area contributed by atoms with Crippen molar-refractivity contribution in [2.24, 2.45) is 50.2 Å². The number of carbonyl (C=O) groups is 1. The summed E-state index contributed by atoms with van der Waals surface area (Å²) in [6.07, 6.45) is -4.34. The van der Waals surface area contributed by atoms with E-state index in [1.54, 1.807) is 6.92 Å². The first-order chi connectivity index (χ1) is 25.6. The van der Waals surface area contributed by atoms with Crippen LogP contribution in [0.4, 0.5) is 0 Å². The number of carboxylic acid groups (broad SMARTS) is 1. The van der Waals surface area contributed by atoms with Gasteiger partial charge in [0.15, 0.2) is 12.6 Å². The van der Waals surface area contributed by atoms with Gasteiger partial charge in [-0.2, -0.15) is 0 Å². The van der Waals surface area contributed by atoms with Gasteiger partial charge >= 0.3 is 5.97 Å². The molecule has 13 nitrogen and oxygen atoms in total. The third-order valence-electron chi connectivity index (χ3n) is 17.4. The van der Waals surface area contributed by atoms with Gasteiger partial charge in [0.25, 0.3) is 0 Å². The molecule has 2 heterocycles. The molecule has 19 atom stereocenters. The molecule has 0 unspecified atom stereocenters. The third-order valence-corrected chi connectivity index (χ3v) is 17.4. The SMILES string of the molecule is C[C@@H]1O[C@@H](O[C@H]2CC[C@@]3(C)[C@@H](CC[C@]4(C)[C@@H]3CC=C3[C@@H]5CC(C)(C)CC[C@]5(C(=O)O)CC[C@]34C)[C@]2(C)CO)[C@H](O[C@@H]2O[C@H](CO)[C@@H](O)[C@H](O)[C@H]2O)[C@H](O)[C@H]1O. The fourth-order valence-corrected chi connectivity index (χ4v) is 13.6. The van der Waals surface area contributed by atoms with E-state index < -0.39 is 90.9 Å². The van der Waals surface area contributed by atoms with Gasteiger partial charge in [-0.3, -0.25) is 4.79 Å². The Hall–Kier alpha value is -1.23. The van der Waals surface area contributed by atoms with Crippen molar-refractivity contribution in [1.82, 2.24) is 0 Å². The Morgan fingerprint density at radius 1 is 0.782 bits per heavy atom. The van der Waals surface area contributed by atoms with Crippen LogP contribution in [0.5, 0.6) is 0 Å². The molecule has 0 bridgehead atoms. The van der Waals surface area contributed by atoms with Crippen molar-refractivity contribution < 1.29 is 64.6 Å². The number of rotatable bonds is 7. The Labute approximate surface area is 325 Å². The Balaban J connectivity index is 1.16. The Morgan fingerprint density at radius 2 is 1.47 bits per heavy atom. The second-order valence-corrected chi connectivity index (χ2v) is 20.5. The number of carboxylic acids is 1. The van der Waals surface area contributed by atoms with Crippen molar-refractivity contribution in [2.75, 3.05) is 13.2 Å². The second-order valence-electron chi connectivity index (χ2n) is 20.5. The van der Waals surface area contributed by atoms with Crippen LogP contribution in [0.25, 0.3) is 0 Å². The minimum atomic E-state index is -1.74. The lowest BCUT2D eigenvalue weighted by atomic mass is 9.33. The van der Waals surface area contributed by atoms with Crippen molar-refractivity contribution in [3.63, 3.8) is 0 Å². The molecule has 2 saturated heterocycles. The summed E-state index contributed by atoms with van der Waals surface area (Å²) < 4.78 is 24.5. The highest BCUT2D eigenvalue weighted by molar-refractivity contribution is 5.76. The minimum Gasteiger partial charge on any atom is -0.481 e. The summed E-state index contributed by atoms with van der Waals surface area (Å²) >= 11 is 0. The molecule has 7 rings (SSSR count). The molecule has 0 radical (unpaired) electrons. The van der Waals surface area contributed by atoms with Gasteiger partial charge in [0.05, 0.1) is 30.8 Å². The van der Waals surface area contributed by atoms with Crippen LogP contribution in [0.15, 0.2) is 11.6 Å². The maximum atomic E-state index is 13.1. The molecule has 8 N–H and O–H groups in total. The average Bonchev–Trinajstić information content (AvgIpc) is 3.13. The Bertz CT molecular complexity index is 1490. The first-order valence-corrected chi connectivity index (χ1v) is 20.8. The van der Waals surface area contributed by atoms with E-state index in [1.165, 1.54) is 5.57 Å². The summed E-state index contributed by atoms with van der Waals surface area (Å²) in [5.74, 6) is -0.279. The molecule has 55 heavy (non-hydrogen) atoms. The van der Waals surface area contributed by atoms with Crippen LogP contribution in [-0.2, 0) is 23.7 Å². The second kappa shape index (κ2) is 14.2. The molecule has 0 aromatic rings. The van der Waals surface area contributed by atoms with Gasteiger partial charge in [-0.1, -0.05) is 53.2 Å². The lowest BCUT2D eigenvalue weighted by Crippen LogP contribution is -2.67.